The van der Waals surface area contributed by atoms with E-state index >= 15 is 0 Å². The summed E-state index contributed by atoms with van der Waals surface area (Å²) in [5.74, 6) is 0.393. The van der Waals surface area contributed by atoms with Crippen molar-refractivity contribution in [2.24, 2.45) is 22.9 Å². The predicted molar refractivity (Wildman–Crippen MR) is 224 cm³/mol. The van der Waals surface area contributed by atoms with Crippen molar-refractivity contribution in [3.8, 4) is 17.2 Å². The molecule has 0 spiro atoms. The molecule has 0 radical (unpaired) electrons. The number of amides is 1. The average Bonchev–Trinajstić information content (AvgIpc) is 3.25. The third-order valence-electron chi connectivity index (χ3n) is 12.1. The lowest BCUT2D eigenvalue weighted by Gasteiger charge is -2.60. The Balaban J connectivity index is 1.57. The van der Waals surface area contributed by atoms with E-state index in [1.807, 2.05) is 41.3 Å². The summed E-state index contributed by atoms with van der Waals surface area (Å²) < 4.78 is 32.1. The van der Waals surface area contributed by atoms with Crippen LogP contribution < -0.4 is 14.2 Å². The van der Waals surface area contributed by atoms with Crippen LogP contribution in [0.2, 0.25) is 0 Å². The smallest absolute Gasteiger partial charge is 0.239 e. The molecule has 2 aromatic carbocycles. The number of fused-ring (bicyclic) bond motifs is 2. The molecule has 0 bridgehead atoms. The van der Waals surface area contributed by atoms with Crippen molar-refractivity contribution >= 4 is 11.6 Å². The lowest BCUT2D eigenvalue weighted by Crippen LogP contribution is -2.70. The Morgan fingerprint density at radius 3 is 2.55 bits per heavy atom. The number of hydrogen-bond donors (Lipinski definition) is 2. The monoisotopic (exact) mass is 800 g/mol. The van der Waals surface area contributed by atoms with E-state index in [-0.39, 0.29) is 49.9 Å². The maximum atomic E-state index is 14.9. The highest BCUT2D eigenvalue weighted by Crippen LogP contribution is 2.62. The fraction of sp³-hybridized carbons (Fsp3) is 0.574. The number of benzene rings is 2. The van der Waals surface area contributed by atoms with E-state index in [1.54, 1.807) is 19.3 Å². The van der Waals surface area contributed by atoms with Gasteiger partial charge in [-0.25, -0.2) is 0 Å². The van der Waals surface area contributed by atoms with Crippen molar-refractivity contribution in [2.45, 2.75) is 108 Å². The number of hydrogen-bond acceptors (Lipinski definition) is 10. The average molecular weight is 801 g/mol. The van der Waals surface area contributed by atoms with Gasteiger partial charge >= 0.3 is 0 Å². The Hall–Kier alpha value is -4.16. The molecule has 316 valence electrons. The van der Waals surface area contributed by atoms with Crippen LogP contribution in [0.5, 0.6) is 17.2 Å². The van der Waals surface area contributed by atoms with Crippen LogP contribution in [-0.4, -0.2) is 91.5 Å². The molecule has 7 atom stereocenters. The number of methoxy groups -OCH3 is 1. The molecule has 0 aromatic heterocycles. The van der Waals surface area contributed by atoms with E-state index in [1.165, 1.54) is 0 Å². The molecule has 6 rings (SSSR count). The first-order valence-electron chi connectivity index (χ1n) is 21.4. The normalized spacial score (nSPS) is 26.7. The van der Waals surface area contributed by atoms with Crippen molar-refractivity contribution < 1.29 is 43.5 Å². The lowest BCUT2D eigenvalue weighted by molar-refractivity contribution is -0.257. The minimum absolute atomic E-state index is 0.0544. The van der Waals surface area contributed by atoms with E-state index in [9.17, 15) is 15.0 Å². The van der Waals surface area contributed by atoms with E-state index in [4.69, 9.17) is 33.7 Å². The number of ether oxygens (including phenoxy) is 5. The molecule has 2 heterocycles. The first-order chi connectivity index (χ1) is 28.4. The summed E-state index contributed by atoms with van der Waals surface area (Å²) in [4.78, 5) is 23.1. The van der Waals surface area contributed by atoms with Gasteiger partial charge in [0.15, 0.2) is 0 Å². The van der Waals surface area contributed by atoms with Crippen LogP contribution in [0.1, 0.15) is 94.6 Å². The number of carbonyl (C=O) groups is 1. The first kappa shape index (κ1) is 43.4. The molecule has 58 heavy (non-hydrogen) atoms. The van der Waals surface area contributed by atoms with Gasteiger partial charge < -0.3 is 43.6 Å². The fourth-order valence-corrected chi connectivity index (χ4v) is 9.56. The van der Waals surface area contributed by atoms with E-state index in [0.717, 1.165) is 67.4 Å². The molecule has 2 fully saturated rings. The Labute approximate surface area is 344 Å². The molecule has 11 nitrogen and oxygen atoms in total. The van der Waals surface area contributed by atoms with Crippen molar-refractivity contribution in [2.75, 3.05) is 46.7 Å². The van der Waals surface area contributed by atoms with Gasteiger partial charge in [-0.15, -0.1) is 6.58 Å². The molecule has 1 unspecified atom stereocenters. The van der Waals surface area contributed by atoms with Gasteiger partial charge in [-0.2, -0.15) is 0 Å². The van der Waals surface area contributed by atoms with Gasteiger partial charge in [0.1, 0.15) is 29.9 Å². The Kier molecular flexibility index (Phi) is 15.9. The summed E-state index contributed by atoms with van der Waals surface area (Å²) in [6.45, 7) is 11.9. The van der Waals surface area contributed by atoms with Crippen LogP contribution in [0.15, 0.2) is 84.6 Å². The van der Waals surface area contributed by atoms with Gasteiger partial charge in [-0.05, 0) is 98.2 Å². The summed E-state index contributed by atoms with van der Waals surface area (Å²) in [7, 11) is 1.63. The molecule has 1 saturated heterocycles. The van der Waals surface area contributed by atoms with Gasteiger partial charge in [0.05, 0.1) is 38.4 Å². The van der Waals surface area contributed by atoms with Crippen LogP contribution in [0, 0.1) is 17.8 Å². The lowest BCUT2D eigenvalue weighted by atomic mass is 9.55. The molecular formula is C47H64N2O9. The topological polar surface area (TPSA) is 129 Å². The Morgan fingerprint density at radius 2 is 1.83 bits per heavy atom. The molecule has 2 aromatic rings. The zero-order chi connectivity index (χ0) is 40.9. The Morgan fingerprint density at radius 1 is 1.02 bits per heavy atom. The number of aliphatic hydroxyl groups excluding tert-OH is 2. The van der Waals surface area contributed by atoms with Crippen molar-refractivity contribution in [1.82, 2.24) is 4.90 Å². The van der Waals surface area contributed by atoms with Crippen molar-refractivity contribution in [3.63, 3.8) is 0 Å². The fourth-order valence-electron chi connectivity index (χ4n) is 9.56. The van der Waals surface area contributed by atoms with Gasteiger partial charge in [0, 0.05) is 44.1 Å². The summed E-state index contributed by atoms with van der Waals surface area (Å²) in [6.07, 6.45) is 14.1. The van der Waals surface area contributed by atoms with Crippen LogP contribution in [-0.2, 0) is 25.5 Å². The number of rotatable bonds is 22. The summed E-state index contributed by atoms with van der Waals surface area (Å²) in [5, 5.41) is 24.8. The zero-order valence-corrected chi connectivity index (χ0v) is 34.5. The molecule has 2 aliphatic heterocycles. The molecule has 2 N–H and O–H groups in total. The van der Waals surface area contributed by atoms with E-state index in [2.05, 4.69) is 32.2 Å². The minimum Gasteiger partial charge on any atom is -0.497 e. The van der Waals surface area contributed by atoms with Gasteiger partial charge in [-0.1, -0.05) is 61.9 Å². The number of carbonyl (C=O) groups excluding carboxylic acids is 1. The highest BCUT2D eigenvalue weighted by molar-refractivity contribution is 6.03. The number of nitrogens with zero attached hydrogens (tertiary/aromatic N) is 2. The molecule has 1 amide bonds. The predicted octanol–water partition coefficient (Wildman–Crippen LogP) is 7.90. The van der Waals surface area contributed by atoms with Gasteiger partial charge in [0.25, 0.3) is 0 Å². The quantitative estimate of drug-likeness (QED) is 0.0694. The molecule has 1 saturated carbocycles. The van der Waals surface area contributed by atoms with Gasteiger partial charge in [0.2, 0.25) is 18.0 Å². The Bertz CT molecular complexity index is 1740. The highest BCUT2D eigenvalue weighted by atomic mass is 16.8. The SMILES string of the molecule is C=CCOc1ccc2c(c1)[C@H]1[C@H](CCCCO)[C@@H](CCCCO)C=C3C(=NOC4CCCCO4)C[C@H](N(CCC)C(=O)Cc4cccc(OC)c4)[C@@](OCC=C)(O2)[C@H]31. The highest BCUT2D eigenvalue weighted by Gasteiger charge is 2.65. The number of allylic oxidation sites excluding steroid dienone is 1. The van der Waals surface area contributed by atoms with Crippen LogP contribution >= 0.6 is 0 Å². The first-order valence-corrected chi connectivity index (χ1v) is 21.4. The second-order valence-corrected chi connectivity index (χ2v) is 15.9. The maximum Gasteiger partial charge on any atom is 0.239 e. The standard InChI is InChI=1S/C47H64N2O9/c1-5-22-49(43(52)29-33-15-14-17-35(28-33)53-4)42-32-40(48-58-44-19-10-13-27-55-44)38-30-34(16-8-11-23-50)37(18-9-12-24-51)45-39-31-36(54-25-6-2)20-21-41(39)57-47(42,46(38)45)56-26-7-3/h6-7,14-15,17,20-21,28,30-31,34,37,42,44-46,50-51H,2-3,5,8-13,16,18-19,22-27,29,32H2,1,4H3/t34-,37+,42-,44?,45+,46+,47+/m0/s1. The van der Waals surface area contributed by atoms with Gasteiger partial charge in [-0.3, -0.25) is 4.79 Å². The van der Waals surface area contributed by atoms with Crippen LogP contribution in [0.25, 0.3) is 0 Å². The number of aliphatic hydroxyl groups is 2. The largest absolute Gasteiger partial charge is 0.497 e. The summed E-state index contributed by atoms with van der Waals surface area (Å²) in [6, 6.07) is 13.0. The maximum absolute atomic E-state index is 14.9. The van der Waals surface area contributed by atoms with E-state index < -0.39 is 24.0 Å². The third-order valence-corrected chi connectivity index (χ3v) is 12.1. The molecule has 2 aliphatic carbocycles. The summed E-state index contributed by atoms with van der Waals surface area (Å²) in [5.41, 5.74) is 3.61. The molecule has 4 aliphatic rings. The summed E-state index contributed by atoms with van der Waals surface area (Å²) >= 11 is 0. The zero-order valence-electron chi connectivity index (χ0n) is 34.5. The molecule has 11 heteroatoms. The van der Waals surface area contributed by atoms with Crippen LogP contribution in [0.4, 0.5) is 0 Å². The number of oxime groups is 1. The van der Waals surface area contributed by atoms with Crippen molar-refractivity contribution in [3.05, 3.63) is 90.6 Å². The second kappa shape index (κ2) is 21.2. The van der Waals surface area contributed by atoms with Crippen LogP contribution in [0.3, 0.4) is 0 Å². The second-order valence-electron chi connectivity index (χ2n) is 15.9. The third kappa shape index (κ3) is 9.82. The van der Waals surface area contributed by atoms with Crippen molar-refractivity contribution in [1.29, 1.82) is 0 Å². The van der Waals surface area contributed by atoms with E-state index in [0.29, 0.717) is 62.7 Å². The minimum atomic E-state index is -1.33. The number of unbranched alkanes of at least 4 members (excludes halogenated alkanes) is 2. The molecular weight excluding hydrogens is 737 g/mol.